The molecule has 1 N–H and O–H groups in total. The van der Waals surface area contributed by atoms with Crippen LogP contribution in [0.4, 0.5) is 0 Å². The SMILES string of the molecule is CC(C)CN1C(=O)c2ccc(C(=O)N3CCC(NC(=O)CCCCl)CC3)cc2C1=O. The molecule has 7 nitrogen and oxygen atoms in total. The average molecular weight is 434 g/mol. The van der Waals surface area contributed by atoms with Crippen molar-refractivity contribution >= 4 is 35.2 Å². The molecule has 0 atom stereocenters. The highest BCUT2D eigenvalue weighted by molar-refractivity contribution is 6.22. The molecule has 8 heteroatoms. The largest absolute Gasteiger partial charge is 0.353 e. The van der Waals surface area contributed by atoms with Gasteiger partial charge >= 0.3 is 0 Å². The molecule has 3 rings (SSSR count). The smallest absolute Gasteiger partial charge is 0.261 e. The Labute approximate surface area is 181 Å². The van der Waals surface area contributed by atoms with Crippen LogP contribution in [0.2, 0.25) is 0 Å². The summed E-state index contributed by atoms with van der Waals surface area (Å²) in [5.41, 5.74) is 1.06. The summed E-state index contributed by atoms with van der Waals surface area (Å²) in [4.78, 5) is 52.9. The van der Waals surface area contributed by atoms with Crippen LogP contribution in [0.25, 0.3) is 0 Å². The van der Waals surface area contributed by atoms with Gasteiger partial charge in [-0.15, -0.1) is 11.6 Å². The van der Waals surface area contributed by atoms with Crippen molar-refractivity contribution in [3.8, 4) is 0 Å². The van der Waals surface area contributed by atoms with Crippen LogP contribution in [0, 0.1) is 5.92 Å². The molecule has 162 valence electrons. The first-order chi connectivity index (χ1) is 14.3. The van der Waals surface area contributed by atoms with Gasteiger partial charge in [-0.2, -0.15) is 0 Å². The highest BCUT2D eigenvalue weighted by Gasteiger charge is 2.36. The number of nitrogens with zero attached hydrogens (tertiary/aromatic N) is 2. The average Bonchev–Trinajstić information content (AvgIpc) is 2.96. The van der Waals surface area contributed by atoms with Gasteiger partial charge in [0.25, 0.3) is 17.7 Å². The summed E-state index contributed by atoms with van der Waals surface area (Å²) in [5.74, 6) is -0.166. The molecule has 0 radical (unpaired) electrons. The van der Waals surface area contributed by atoms with Crippen LogP contribution in [0.3, 0.4) is 0 Å². The van der Waals surface area contributed by atoms with E-state index in [0.717, 1.165) is 0 Å². The Hall–Kier alpha value is -2.41. The topological polar surface area (TPSA) is 86.8 Å². The van der Waals surface area contributed by atoms with E-state index in [0.29, 0.717) is 67.9 Å². The molecule has 1 aromatic carbocycles. The fraction of sp³-hybridized carbons (Fsp3) is 0.545. The number of carbonyl (C=O) groups is 4. The lowest BCUT2D eigenvalue weighted by molar-refractivity contribution is -0.122. The van der Waals surface area contributed by atoms with E-state index in [9.17, 15) is 19.2 Å². The van der Waals surface area contributed by atoms with Crippen molar-refractivity contribution < 1.29 is 19.2 Å². The molecule has 0 unspecified atom stereocenters. The predicted octanol–water partition coefficient (Wildman–Crippen LogP) is 2.68. The van der Waals surface area contributed by atoms with Crippen molar-refractivity contribution in [1.82, 2.24) is 15.1 Å². The third kappa shape index (κ3) is 4.83. The Kier molecular flexibility index (Phi) is 7.13. The fourth-order valence-electron chi connectivity index (χ4n) is 3.89. The number of imide groups is 1. The predicted molar refractivity (Wildman–Crippen MR) is 114 cm³/mol. The van der Waals surface area contributed by atoms with Gasteiger partial charge in [0.2, 0.25) is 5.91 Å². The number of fused-ring (bicyclic) bond motifs is 1. The minimum absolute atomic E-state index is 0.00631. The number of hydrogen-bond acceptors (Lipinski definition) is 4. The zero-order chi connectivity index (χ0) is 21.8. The maximum absolute atomic E-state index is 12.9. The molecular weight excluding hydrogens is 406 g/mol. The van der Waals surface area contributed by atoms with E-state index in [2.05, 4.69) is 5.32 Å². The normalized spacial score (nSPS) is 16.9. The summed E-state index contributed by atoms with van der Waals surface area (Å²) >= 11 is 5.62. The Morgan fingerprint density at radius 1 is 1.13 bits per heavy atom. The van der Waals surface area contributed by atoms with Crippen LogP contribution in [0.5, 0.6) is 0 Å². The third-order valence-corrected chi connectivity index (χ3v) is 5.72. The molecule has 2 aliphatic heterocycles. The third-order valence-electron chi connectivity index (χ3n) is 5.45. The van der Waals surface area contributed by atoms with E-state index in [1.165, 1.54) is 11.0 Å². The summed E-state index contributed by atoms with van der Waals surface area (Å²) in [6.07, 6.45) is 2.43. The Bertz CT molecular complexity index is 847. The van der Waals surface area contributed by atoms with Gasteiger partial charge in [-0.3, -0.25) is 24.1 Å². The van der Waals surface area contributed by atoms with E-state index in [1.807, 2.05) is 13.8 Å². The number of amides is 4. The first-order valence-corrected chi connectivity index (χ1v) is 11.0. The molecule has 0 bridgehead atoms. The van der Waals surface area contributed by atoms with Crippen molar-refractivity contribution in [3.63, 3.8) is 0 Å². The highest BCUT2D eigenvalue weighted by Crippen LogP contribution is 2.26. The zero-order valence-electron chi connectivity index (χ0n) is 17.4. The number of piperidine rings is 1. The van der Waals surface area contributed by atoms with Gasteiger partial charge in [-0.25, -0.2) is 0 Å². The van der Waals surface area contributed by atoms with Crippen molar-refractivity contribution in [1.29, 1.82) is 0 Å². The van der Waals surface area contributed by atoms with E-state index in [1.54, 1.807) is 17.0 Å². The number of benzene rings is 1. The van der Waals surface area contributed by atoms with Crippen LogP contribution in [0.1, 0.15) is 70.6 Å². The molecule has 0 spiro atoms. The molecule has 1 aromatic rings. The van der Waals surface area contributed by atoms with Crippen molar-refractivity contribution in [2.24, 2.45) is 5.92 Å². The summed E-state index contributed by atoms with van der Waals surface area (Å²) in [6.45, 7) is 5.32. The minimum atomic E-state index is -0.336. The molecule has 0 aliphatic carbocycles. The lowest BCUT2D eigenvalue weighted by atomic mass is 10.0. The van der Waals surface area contributed by atoms with Crippen molar-refractivity contribution in [2.75, 3.05) is 25.5 Å². The van der Waals surface area contributed by atoms with Gasteiger partial charge in [-0.05, 0) is 43.4 Å². The van der Waals surface area contributed by atoms with Crippen LogP contribution in [0.15, 0.2) is 18.2 Å². The van der Waals surface area contributed by atoms with Gasteiger partial charge in [0.05, 0.1) is 11.1 Å². The first kappa shape index (κ1) is 22.3. The van der Waals surface area contributed by atoms with E-state index in [4.69, 9.17) is 11.6 Å². The Balaban J connectivity index is 1.62. The summed E-state index contributed by atoms with van der Waals surface area (Å²) < 4.78 is 0. The maximum atomic E-state index is 12.9. The van der Waals surface area contributed by atoms with E-state index < -0.39 is 0 Å². The molecule has 4 amide bonds. The number of hydrogen-bond donors (Lipinski definition) is 1. The number of halogens is 1. The molecule has 2 aliphatic rings. The van der Waals surface area contributed by atoms with Crippen molar-refractivity contribution in [2.45, 2.75) is 45.6 Å². The monoisotopic (exact) mass is 433 g/mol. The number of carbonyl (C=O) groups excluding carboxylic acids is 4. The summed E-state index contributed by atoms with van der Waals surface area (Å²) in [7, 11) is 0. The number of nitrogens with one attached hydrogen (secondary N) is 1. The quantitative estimate of drug-likeness (QED) is 0.529. The maximum Gasteiger partial charge on any atom is 0.261 e. The number of rotatable bonds is 7. The number of alkyl halides is 1. The van der Waals surface area contributed by atoms with Crippen LogP contribution in [-0.4, -0.2) is 65.0 Å². The second kappa shape index (κ2) is 9.60. The number of likely N-dealkylation sites (tertiary alicyclic amines) is 1. The fourth-order valence-corrected chi connectivity index (χ4v) is 4.03. The Morgan fingerprint density at radius 2 is 1.80 bits per heavy atom. The van der Waals surface area contributed by atoms with Gasteiger partial charge < -0.3 is 10.2 Å². The Morgan fingerprint density at radius 3 is 2.43 bits per heavy atom. The van der Waals surface area contributed by atoms with Gasteiger partial charge in [-0.1, -0.05) is 13.8 Å². The van der Waals surface area contributed by atoms with E-state index >= 15 is 0 Å². The summed E-state index contributed by atoms with van der Waals surface area (Å²) in [6, 6.07) is 4.79. The molecule has 0 aromatic heterocycles. The summed E-state index contributed by atoms with van der Waals surface area (Å²) in [5, 5.41) is 2.99. The zero-order valence-corrected chi connectivity index (χ0v) is 18.2. The first-order valence-electron chi connectivity index (χ1n) is 10.5. The molecule has 30 heavy (non-hydrogen) atoms. The van der Waals surface area contributed by atoms with Gasteiger partial charge in [0, 0.05) is 43.5 Å². The second-order valence-corrected chi connectivity index (χ2v) is 8.68. The van der Waals surface area contributed by atoms with Gasteiger partial charge in [0.1, 0.15) is 0 Å². The second-order valence-electron chi connectivity index (χ2n) is 8.30. The van der Waals surface area contributed by atoms with Crippen LogP contribution in [-0.2, 0) is 4.79 Å². The molecule has 1 saturated heterocycles. The standard InChI is InChI=1S/C22H28ClN3O4/c1-14(2)13-26-21(29)17-6-5-15(12-18(17)22(26)30)20(28)25-10-7-16(8-11-25)24-19(27)4-3-9-23/h5-6,12,14,16H,3-4,7-11,13H2,1-2H3,(H,24,27). The highest BCUT2D eigenvalue weighted by atomic mass is 35.5. The molecule has 2 heterocycles. The van der Waals surface area contributed by atoms with Gasteiger partial charge in [0.15, 0.2) is 0 Å². The lowest BCUT2D eigenvalue weighted by Gasteiger charge is -2.32. The van der Waals surface area contributed by atoms with E-state index in [-0.39, 0.29) is 35.6 Å². The molecule has 1 fully saturated rings. The molecule has 0 saturated carbocycles. The van der Waals surface area contributed by atoms with Crippen LogP contribution >= 0.6 is 11.6 Å². The minimum Gasteiger partial charge on any atom is -0.353 e. The molecular formula is C22H28ClN3O4. The van der Waals surface area contributed by atoms with Crippen molar-refractivity contribution in [3.05, 3.63) is 34.9 Å². The lowest BCUT2D eigenvalue weighted by Crippen LogP contribution is -2.46. The van der Waals surface area contributed by atoms with Crippen LogP contribution < -0.4 is 5.32 Å².